The fourth-order valence-corrected chi connectivity index (χ4v) is 3.23. The molecule has 5 heteroatoms. The Kier molecular flexibility index (Phi) is 4.34. The highest BCUT2D eigenvalue weighted by Crippen LogP contribution is 2.28. The second-order valence-corrected chi connectivity index (χ2v) is 6.22. The fraction of sp³-hybridized carbons (Fsp3) is 0.316. The number of hydrogen-bond acceptors (Lipinski definition) is 5. The highest BCUT2D eigenvalue weighted by Gasteiger charge is 2.26. The van der Waals surface area contributed by atoms with Gasteiger partial charge in [0, 0.05) is 19.3 Å². The van der Waals surface area contributed by atoms with Gasteiger partial charge in [-0.2, -0.15) is 0 Å². The van der Waals surface area contributed by atoms with E-state index >= 15 is 0 Å². The third kappa shape index (κ3) is 3.36. The predicted octanol–water partition coefficient (Wildman–Crippen LogP) is 3.51. The van der Waals surface area contributed by atoms with Crippen LogP contribution in [0.4, 0.5) is 0 Å². The Labute approximate surface area is 141 Å². The molecular formula is C19H20N4O. The maximum Gasteiger partial charge on any atom is 0.266 e. The van der Waals surface area contributed by atoms with Crippen LogP contribution in [0.5, 0.6) is 0 Å². The molecule has 1 aliphatic rings. The number of benzene rings is 1. The summed E-state index contributed by atoms with van der Waals surface area (Å²) in [6.45, 7) is 3.05. The first-order valence-electron chi connectivity index (χ1n) is 8.39. The molecule has 1 atom stereocenters. The van der Waals surface area contributed by atoms with Gasteiger partial charge in [0.1, 0.15) is 5.69 Å². The summed E-state index contributed by atoms with van der Waals surface area (Å²) in [6.07, 6.45) is 3.98. The van der Waals surface area contributed by atoms with Gasteiger partial charge in [-0.15, -0.1) is 10.2 Å². The van der Waals surface area contributed by atoms with Crippen LogP contribution in [-0.2, 0) is 6.54 Å². The van der Waals surface area contributed by atoms with Crippen LogP contribution in [0.1, 0.15) is 30.2 Å². The summed E-state index contributed by atoms with van der Waals surface area (Å²) >= 11 is 0. The van der Waals surface area contributed by atoms with Crippen LogP contribution in [0, 0.1) is 0 Å². The largest absolute Gasteiger partial charge is 0.419 e. The Morgan fingerprint density at radius 2 is 1.92 bits per heavy atom. The molecule has 3 heterocycles. The molecule has 0 radical (unpaired) electrons. The van der Waals surface area contributed by atoms with Gasteiger partial charge in [0.15, 0.2) is 0 Å². The minimum atomic E-state index is 0.299. The van der Waals surface area contributed by atoms with Gasteiger partial charge >= 0.3 is 0 Å². The van der Waals surface area contributed by atoms with E-state index in [1.165, 1.54) is 5.56 Å². The lowest BCUT2D eigenvalue weighted by molar-refractivity contribution is 0.186. The van der Waals surface area contributed by atoms with Crippen molar-refractivity contribution in [2.45, 2.75) is 25.3 Å². The van der Waals surface area contributed by atoms with Gasteiger partial charge < -0.3 is 4.42 Å². The number of rotatable bonds is 4. The zero-order chi connectivity index (χ0) is 16.2. The molecule has 0 saturated carbocycles. The Morgan fingerprint density at radius 3 is 2.75 bits per heavy atom. The fourth-order valence-electron chi connectivity index (χ4n) is 3.23. The van der Waals surface area contributed by atoms with Crippen LogP contribution < -0.4 is 0 Å². The standard InChI is InChI=1S/C19H20N4O/c1-2-7-15(8-3-1)13-23-12-6-9-16(14-23)18-21-22-19(24-18)17-10-4-5-11-20-17/h1-5,7-8,10-11,16H,6,9,12-14H2. The number of hydrogen-bond donors (Lipinski definition) is 0. The molecule has 0 amide bonds. The molecule has 0 spiro atoms. The van der Waals surface area contributed by atoms with E-state index in [0.29, 0.717) is 11.8 Å². The van der Waals surface area contributed by atoms with Gasteiger partial charge in [0.25, 0.3) is 5.89 Å². The van der Waals surface area contributed by atoms with Gasteiger partial charge in [-0.1, -0.05) is 36.4 Å². The summed E-state index contributed by atoms with van der Waals surface area (Å²) in [5, 5.41) is 8.45. The lowest BCUT2D eigenvalue weighted by Crippen LogP contribution is -2.34. The Morgan fingerprint density at radius 1 is 1.04 bits per heavy atom. The average molecular weight is 320 g/mol. The molecule has 0 aliphatic carbocycles. The van der Waals surface area contributed by atoms with Gasteiger partial charge in [0.2, 0.25) is 5.89 Å². The maximum atomic E-state index is 5.90. The van der Waals surface area contributed by atoms with Crippen LogP contribution in [0.15, 0.2) is 59.1 Å². The number of aromatic nitrogens is 3. The molecule has 5 nitrogen and oxygen atoms in total. The quantitative estimate of drug-likeness (QED) is 0.736. The molecule has 0 N–H and O–H groups in total. The average Bonchev–Trinajstić information content (AvgIpc) is 3.14. The van der Waals surface area contributed by atoms with E-state index in [4.69, 9.17) is 4.42 Å². The summed E-state index contributed by atoms with van der Waals surface area (Å²) in [4.78, 5) is 6.74. The van der Waals surface area contributed by atoms with Crippen LogP contribution in [-0.4, -0.2) is 33.2 Å². The lowest BCUT2D eigenvalue weighted by Gasteiger charge is -2.31. The van der Waals surface area contributed by atoms with Crippen molar-refractivity contribution in [2.75, 3.05) is 13.1 Å². The second kappa shape index (κ2) is 6.93. The predicted molar refractivity (Wildman–Crippen MR) is 91.2 cm³/mol. The van der Waals surface area contributed by atoms with Crippen molar-refractivity contribution in [3.8, 4) is 11.6 Å². The van der Waals surface area contributed by atoms with Crippen molar-refractivity contribution >= 4 is 0 Å². The van der Waals surface area contributed by atoms with E-state index in [1.807, 2.05) is 18.2 Å². The van der Waals surface area contributed by atoms with E-state index in [2.05, 4.69) is 50.4 Å². The Hall–Kier alpha value is -2.53. The van der Waals surface area contributed by atoms with Crippen molar-refractivity contribution in [1.82, 2.24) is 20.1 Å². The van der Waals surface area contributed by atoms with E-state index in [0.717, 1.165) is 44.1 Å². The summed E-state index contributed by atoms with van der Waals surface area (Å²) in [5.74, 6) is 1.53. The third-order valence-electron chi connectivity index (χ3n) is 4.43. The second-order valence-electron chi connectivity index (χ2n) is 6.22. The molecule has 4 rings (SSSR count). The number of likely N-dealkylation sites (tertiary alicyclic amines) is 1. The normalized spacial score (nSPS) is 18.6. The minimum absolute atomic E-state index is 0.299. The summed E-state index contributed by atoms with van der Waals surface area (Å²) in [5.41, 5.74) is 2.08. The molecular weight excluding hydrogens is 300 g/mol. The van der Waals surface area contributed by atoms with E-state index < -0.39 is 0 Å². The highest BCUT2D eigenvalue weighted by atomic mass is 16.4. The Balaban J connectivity index is 1.45. The molecule has 1 saturated heterocycles. The van der Waals surface area contributed by atoms with Crippen LogP contribution >= 0.6 is 0 Å². The summed E-state index contributed by atoms with van der Waals surface area (Å²) in [7, 11) is 0. The smallest absolute Gasteiger partial charge is 0.266 e. The molecule has 1 aliphatic heterocycles. The van der Waals surface area contributed by atoms with Crippen LogP contribution in [0.25, 0.3) is 11.6 Å². The van der Waals surface area contributed by atoms with Gasteiger partial charge in [-0.3, -0.25) is 9.88 Å². The van der Waals surface area contributed by atoms with E-state index in [1.54, 1.807) is 6.20 Å². The van der Waals surface area contributed by atoms with Crippen LogP contribution in [0.2, 0.25) is 0 Å². The third-order valence-corrected chi connectivity index (χ3v) is 4.43. The monoisotopic (exact) mass is 320 g/mol. The lowest BCUT2D eigenvalue weighted by atomic mass is 9.97. The zero-order valence-corrected chi connectivity index (χ0v) is 13.5. The first-order chi connectivity index (χ1) is 11.9. The van der Waals surface area contributed by atoms with Gasteiger partial charge in [-0.25, -0.2) is 0 Å². The van der Waals surface area contributed by atoms with Gasteiger partial charge in [-0.05, 0) is 37.1 Å². The molecule has 0 bridgehead atoms. The summed E-state index contributed by atoms with van der Waals surface area (Å²) < 4.78 is 5.90. The van der Waals surface area contributed by atoms with Crippen molar-refractivity contribution in [1.29, 1.82) is 0 Å². The molecule has 1 fully saturated rings. The van der Waals surface area contributed by atoms with E-state index in [9.17, 15) is 0 Å². The first kappa shape index (κ1) is 15.0. The molecule has 122 valence electrons. The highest BCUT2D eigenvalue weighted by molar-refractivity contribution is 5.45. The topological polar surface area (TPSA) is 55.1 Å². The van der Waals surface area contributed by atoms with Crippen molar-refractivity contribution in [3.63, 3.8) is 0 Å². The van der Waals surface area contributed by atoms with Crippen molar-refractivity contribution < 1.29 is 4.42 Å². The molecule has 2 aromatic heterocycles. The number of nitrogens with zero attached hydrogens (tertiary/aromatic N) is 4. The maximum absolute atomic E-state index is 5.90. The zero-order valence-electron chi connectivity index (χ0n) is 13.5. The number of piperidine rings is 1. The molecule has 1 aromatic carbocycles. The Bertz CT molecular complexity index is 772. The molecule has 24 heavy (non-hydrogen) atoms. The first-order valence-corrected chi connectivity index (χ1v) is 8.39. The summed E-state index contributed by atoms with van der Waals surface area (Å²) in [6, 6.07) is 16.3. The SMILES string of the molecule is c1ccc(CN2CCCC(c3nnc(-c4ccccn4)o3)C2)cc1. The van der Waals surface area contributed by atoms with Crippen molar-refractivity contribution in [2.24, 2.45) is 0 Å². The van der Waals surface area contributed by atoms with E-state index in [-0.39, 0.29) is 0 Å². The molecule has 3 aromatic rings. The minimum Gasteiger partial charge on any atom is -0.419 e. The van der Waals surface area contributed by atoms with Gasteiger partial charge in [0.05, 0.1) is 5.92 Å². The molecule has 1 unspecified atom stereocenters. The van der Waals surface area contributed by atoms with Crippen LogP contribution in [0.3, 0.4) is 0 Å². The number of pyridine rings is 1. The van der Waals surface area contributed by atoms with Crippen molar-refractivity contribution in [3.05, 3.63) is 66.2 Å².